The van der Waals surface area contributed by atoms with Gasteiger partial charge in [0.25, 0.3) is 0 Å². The van der Waals surface area contributed by atoms with Crippen LogP contribution in [0.25, 0.3) is 0 Å². The zero-order valence-corrected chi connectivity index (χ0v) is 11.9. The summed E-state index contributed by atoms with van der Waals surface area (Å²) in [6.45, 7) is 7.16. The molecule has 0 rings (SSSR count). The van der Waals surface area contributed by atoms with E-state index in [2.05, 4.69) is 25.1 Å². The second-order valence-electron chi connectivity index (χ2n) is 4.91. The molecule has 0 aromatic rings. The molecule has 0 amide bonds. The second kappa shape index (κ2) is 19.6. The Bertz CT molecular complexity index is 157. The summed E-state index contributed by atoms with van der Waals surface area (Å²) in [5.41, 5.74) is 0. The van der Waals surface area contributed by atoms with E-state index in [0.29, 0.717) is 0 Å². The number of hydrogen-bond donors (Lipinski definition) is 0. The molecule has 103 valence electrons. The average Bonchev–Trinajstić information content (AvgIpc) is 2.35. The minimum atomic E-state index is 0. The normalized spacial score (nSPS) is 10.8. The Hall–Kier alpha value is 0.267. The van der Waals surface area contributed by atoms with Gasteiger partial charge in [0.2, 0.25) is 0 Å². The van der Waals surface area contributed by atoms with Crippen molar-refractivity contribution < 1.29 is 0 Å². The second-order valence-corrected chi connectivity index (χ2v) is 4.91. The van der Waals surface area contributed by atoms with Gasteiger partial charge in [-0.3, -0.25) is 4.99 Å². The fourth-order valence-electron chi connectivity index (χ4n) is 1.93. The number of rotatable bonds is 13. The molecule has 0 spiro atoms. The molecule has 18 heavy (non-hydrogen) atoms. The van der Waals surface area contributed by atoms with Crippen LogP contribution >= 0.6 is 0 Å². The van der Waals surface area contributed by atoms with Crippen LogP contribution in [0.2, 0.25) is 0 Å². The number of unbranched alkanes of at least 4 members (excludes halogenated alkanes) is 10. The van der Waals surface area contributed by atoms with E-state index in [9.17, 15) is 0 Å². The van der Waals surface area contributed by atoms with Gasteiger partial charge < -0.3 is 0 Å². The molecule has 1 nitrogen and oxygen atoms in total. The Morgan fingerprint density at radius 3 is 2.11 bits per heavy atom. The molecule has 0 unspecified atom stereocenters. The molecule has 0 aromatic carbocycles. The molecule has 0 bridgehead atoms. The molecular formula is C16H33LiN. The van der Waals surface area contributed by atoms with Gasteiger partial charge in [-0.2, -0.15) is 0 Å². The molecule has 0 aliphatic carbocycles. The summed E-state index contributed by atoms with van der Waals surface area (Å²) in [4.78, 5) is 4.46. The van der Waals surface area contributed by atoms with Crippen molar-refractivity contribution >= 4 is 25.1 Å². The summed E-state index contributed by atoms with van der Waals surface area (Å²) in [7, 11) is 0. The van der Waals surface area contributed by atoms with Gasteiger partial charge in [0.05, 0.1) is 0 Å². The van der Waals surface area contributed by atoms with E-state index < -0.39 is 0 Å². The molecule has 2 heteroatoms. The molecular weight excluding hydrogens is 213 g/mol. The topological polar surface area (TPSA) is 12.4 Å². The molecule has 0 aliphatic rings. The van der Waals surface area contributed by atoms with Crippen LogP contribution in [0.15, 0.2) is 4.99 Å². The van der Waals surface area contributed by atoms with Crippen LogP contribution in [0.5, 0.6) is 0 Å². The third-order valence-corrected chi connectivity index (χ3v) is 3.10. The Balaban J connectivity index is 0. The van der Waals surface area contributed by atoms with Crippen molar-refractivity contribution in [3.05, 3.63) is 6.92 Å². The predicted octanol–water partition coefficient (Wildman–Crippen LogP) is 4.94. The Morgan fingerprint density at radius 2 is 1.44 bits per heavy atom. The molecule has 0 fully saturated rings. The fourth-order valence-corrected chi connectivity index (χ4v) is 1.93. The zero-order valence-electron chi connectivity index (χ0n) is 11.9. The van der Waals surface area contributed by atoms with E-state index >= 15 is 0 Å². The van der Waals surface area contributed by atoms with E-state index in [4.69, 9.17) is 0 Å². The van der Waals surface area contributed by atoms with Crippen molar-refractivity contribution in [2.45, 2.75) is 84.0 Å². The Labute approximate surface area is 127 Å². The van der Waals surface area contributed by atoms with Crippen molar-refractivity contribution in [3.63, 3.8) is 0 Å². The van der Waals surface area contributed by atoms with Gasteiger partial charge in [-0.15, -0.1) is 0 Å². The summed E-state index contributed by atoms with van der Waals surface area (Å²) in [6.07, 6.45) is 17.9. The summed E-state index contributed by atoms with van der Waals surface area (Å²) in [5.74, 6) is 0. The first-order valence-corrected chi connectivity index (χ1v) is 7.69. The Morgan fingerprint density at radius 1 is 0.833 bits per heavy atom. The average molecular weight is 246 g/mol. The first kappa shape index (κ1) is 20.6. The van der Waals surface area contributed by atoms with Crippen LogP contribution in [-0.2, 0) is 0 Å². The zero-order chi connectivity index (χ0) is 12.6. The predicted molar refractivity (Wildman–Crippen MR) is 86.9 cm³/mol. The van der Waals surface area contributed by atoms with E-state index in [1.165, 1.54) is 70.6 Å². The quantitative estimate of drug-likeness (QED) is 0.248. The first-order chi connectivity index (χ1) is 8.41. The van der Waals surface area contributed by atoms with Crippen LogP contribution in [0.3, 0.4) is 0 Å². The van der Waals surface area contributed by atoms with Gasteiger partial charge in [-0.1, -0.05) is 71.6 Å². The SMILES string of the molecule is [CH2]CCCCCCCCC=NCCCCCC.[LiH]. The van der Waals surface area contributed by atoms with Gasteiger partial charge in [0.1, 0.15) is 0 Å². The van der Waals surface area contributed by atoms with Crippen LogP contribution in [0.1, 0.15) is 84.0 Å². The molecule has 0 N–H and O–H groups in total. The first-order valence-electron chi connectivity index (χ1n) is 7.69. The number of aliphatic imine (C=N–C) groups is 1. The van der Waals surface area contributed by atoms with Crippen molar-refractivity contribution in [1.82, 2.24) is 0 Å². The van der Waals surface area contributed by atoms with Gasteiger partial charge >= 0.3 is 18.9 Å². The van der Waals surface area contributed by atoms with Crippen molar-refractivity contribution in [1.29, 1.82) is 0 Å². The van der Waals surface area contributed by atoms with Crippen molar-refractivity contribution in [3.8, 4) is 0 Å². The number of hydrogen-bond acceptors (Lipinski definition) is 1. The molecule has 0 saturated carbocycles. The van der Waals surface area contributed by atoms with E-state index in [-0.39, 0.29) is 18.9 Å². The third-order valence-electron chi connectivity index (χ3n) is 3.10. The maximum atomic E-state index is 4.46. The van der Waals surface area contributed by atoms with Gasteiger partial charge in [-0.25, -0.2) is 0 Å². The minimum absolute atomic E-state index is 0. The molecule has 1 radical (unpaired) electrons. The van der Waals surface area contributed by atoms with Gasteiger partial charge in [0, 0.05) is 6.54 Å². The molecule has 0 saturated heterocycles. The van der Waals surface area contributed by atoms with Crippen molar-refractivity contribution in [2.75, 3.05) is 6.54 Å². The van der Waals surface area contributed by atoms with Gasteiger partial charge in [0.15, 0.2) is 0 Å². The molecule has 0 aliphatic heterocycles. The Kier molecular flexibility index (Phi) is 22.4. The number of nitrogens with zero attached hydrogens (tertiary/aromatic N) is 1. The molecule has 0 atom stereocenters. The monoisotopic (exact) mass is 246 g/mol. The molecule has 0 aromatic heterocycles. The van der Waals surface area contributed by atoms with Crippen LogP contribution in [0.4, 0.5) is 0 Å². The standard InChI is InChI=1S/C16H32N.Li.H/c1-3-5-7-9-10-11-12-14-16-17-15-13-8-6-4-2;;/h16H,1,3-15H2,2H3;;. The summed E-state index contributed by atoms with van der Waals surface area (Å²) < 4.78 is 0. The van der Waals surface area contributed by atoms with Crippen molar-refractivity contribution in [2.24, 2.45) is 4.99 Å². The summed E-state index contributed by atoms with van der Waals surface area (Å²) >= 11 is 0. The van der Waals surface area contributed by atoms with Crippen LogP contribution in [0, 0.1) is 6.92 Å². The van der Waals surface area contributed by atoms with Crippen LogP contribution in [-0.4, -0.2) is 31.6 Å². The summed E-state index contributed by atoms with van der Waals surface area (Å²) in [6, 6.07) is 0. The third kappa shape index (κ3) is 18.6. The van der Waals surface area contributed by atoms with E-state index in [1.807, 2.05) is 0 Å². The van der Waals surface area contributed by atoms with E-state index in [0.717, 1.165) is 13.0 Å². The van der Waals surface area contributed by atoms with Gasteiger partial charge in [-0.05, 0) is 25.5 Å². The van der Waals surface area contributed by atoms with Crippen LogP contribution < -0.4 is 0 Å². The maximum absolute atomic E-state index is 4.46. The molecule has 0 heterocycles. The van der Waals surface area contributed by atoms with E-state index in [1.54, 1.807) is 0 Å². The summed E-state index contributed by atoms with van der Waals surface area (Å²) in [5, 5.41) is 0. The fraction of sp³-hybridized carbons (Fsp3) is 0.875.